The summed E-state index contributed by atoms with van der Waals surface area (Å²) in [5.74, 6) is 0.185. The maximum atomic E-state index is 12.1. The Balaban J connectivity index is 2.51. The monoisotopic (exact) mass is 323 g/mol. The second-order valence-corrected chi connectivity index (χ2v) is 5.38. The molecule has 2 aromatic rings. The molecule has 0 unspecified atom stereocenters. The second-order valence-electron chi connectivity index (χ2n) is 4.46. The number of nitrogens with zero attached hydrogens (tertiary/aromatic N) is 2. The predicted molar refractivity (Wildman–Crippen MR) is 77.0 cm³/mol. The third-order valence-electron chi connectivity index (χ3n) is 2.53. The maximum absolute atomic E-state index is 12.1. The number of hydrogen-bond acceptors (Lipinski definition) is 4. The molecule has 0 spiro atoms. The van der Waals surface area contributed by atoms with Crippen LogP contribution in [0.15, 0.2) is 33.5 Å². The van der Waals surface area contributed by atoms with E-state index in [1.165, 1.54) is 0 Å². The summed E-state index contributed by atoms with van der Waals surface area (Å²) >= 11 is 3.33. The highest BCUT2D eigenvalue weighted by molar-refractivity contribution is 9.10. The first-order chi connectivity index (χ1) is 8.97. The Hall–Kier alpha value is -1.66. The van der Waals surface area contributed by atoms with E-state index < -0.39 is 0 Å². The Morgan fingerprint density at radius 2 is 2.16 bits per heavy atom. The molecule has 0 radical (unpaired) electrons. The molecule has 6 heteroatoms. The molecule has 0 amide bonds. The van der Waals surface area contributed by atoms with Gasteiger partial charge in [0.2, 0.25) is 5.88 Å². The average Bonchev–Trinajstić information content (AvgIpc) is 2.26. The lowest BCUT2D eigenvalue weighted by molar-refractivity contribution is 0.381. The lowest BCUT2D eigenvalue weighted by Gasteiger charge is -2.10. The molecule has 0 saturated carbocycles. The van der Waals surface area contributed by atoms with Crippen LogP contribution in [0.5, 0.6) is 5.88 Å². The van der Waals surface area contributed by atoms with Crippen LogP contribution < -0.4 is 5.56 Å². The molecule has 0 bridgehead atoms. The van der Waals surface area contributed by atoms with Crippen LogP contribution >= 0.6 is 15.9 Å². The molecule has 0 aliphatic rings. The quantitative estimate of drug-likeness (QED) is 0.906. The fourth-order valence-corrected chi connectivity index (χ4v) is 2.18. The SMILES string of the molecule is CN(C)Cc1nc(O)c(-c2cccc(Br)c2)c(=O)[nH]1. The van der Waals surface area contributed by atoms with Crippen molar-refractivity contribution in [3.8, 4) is 17.0 Å². The van der Waals surface area contributed by atoms with Gasteiger partial charge in [-0.25, -0.2) is 0 Å². The third kappa shape index (κ3) is 3.21. The van der Waals surface area contributed by atoms with Crippen LogP contribution in [0.3, 0.4) is 0 Å². The van der Waals surface area contributed by atoms with Crippen LogP contribution in [0.25, 0.3) is 11.1 Å². The van der Waals surface area contributed by atoms with Crippen LogP contribution in [0, 0.1) is 0 Å². The molecular weight excluding hydrogens is 310 g/mol. The Kier molecular flexibility index (Phi) is 4.01. The van der Waals surface area contributed by atoms with Crippen molar-refractivity contribution in [1.29, 1.82) is 0 Å². The third-order valence-corrected chi connectivity index (χ3v) is 3.02. The highest BCUT2D eigenvalue weighted by Crippen LogP contribution is 2.25. The van der Waals surface area contributed by atoms with Crippen molar-refractivity contribution >= 4 is 15.9 Å². The van der Waals surface area contributed by atoms with Gasteiger partial charge in [0.25, 0.3) is 5.56 Å². The molecule has 2 N–H and O–H groups in total. The number of benzene rings is 1. The van der Waals surface area contributed by atoms with Crippen molar-refractivity contribution in [1.82, 2.24) is 14.9 Å². The number of H-pyrrole nitrogens is 1. The molecule has 0 fully saturated rings. The number of nitrogens with one attached hydrogen (secondary N) is 1. The standard InChI is InChI=1S/C13H14BrN3O2/c1-17(2)7-10-15-12(18)11(13(19)16-10)8-4-3-5-9(14)6-8/h3-6H,7H2,1-2H3,(H2,15,16,18,19). The maximum Gasteiger partial charge on any atom is 0.262 e. The minimum atomic E-state index is -0.345. The molecule has 0 aliphatic carbocycles. The van der Waals surface area contributed by atoms with Crippen LogP contribution in [0.1, 0.15) is 5.82 Å². The van der Waals surface area contributed by atoms with Crippen LogP contribution in [0.2, 0.25) is 0 Å². The Morgan fingerprint density at radius 1 is 1.42 bits per heavy atom. The average molecular weight is 324 g/mol. The van der Waals surface area contributed by atoms with Gasteiger partial charge in [0.15, 0.2) is 0 Å². The number of aromatic nitrogens is 2. The molecule has 5 nitrogen and oxygen atoms in total. The first kappa shape index (κ1) is 13.8. The van der Waals surface area contributed by atoms with E-state index in [2.05, 4.69) is 25.9 Å². The zero-order chi connectivity index (χ0) is 14.0. The highest BCUT2D eigenvalue weighted by atomic mass is 79.9. The zero-order valence-electron chi connectivity index (χ0n) is 10.6. The summed E-state index contributed by atoms with van der Waals surface area (Å²) in [6.07, 6.45) is 0. The Bertz CT molecular complexity index is 653. The van der Waals surface area contributed by atoms with Gasteiger partial charge in [-0.05, 0) is 31.8 Å². The smallest absolute Gasteiger partial charge is 0.262 e. The van der Waals surface area contributed by atoms with E-state index in [1.54, 1.807) is 18.2 Å². The lowest BCUT2D eigenvalue weighted by atomic mass is 10.1. The summed E-state index contributed by atoms with van der Waals surface area (Å²) < 4.78 is 0.834. The first-order valence-electron chi connectivity index (χ1n) is 5.70. The van der Waals surface area contributed by atoms with Gasteiger partial charge in [0, 0.05) is 4.47 Å². The summed E-state index contributed by atoms with van der Waals surface area (Å²) in [5, 5.41) is 9.96. The van der Waals surface area contributed by atoms with E-state index in [0.717, 1.165) is 4.47 Å². The van der Waals surface area contributed by atoms with E-state index >= 15 is 0 Å². The normalized spacial score (nSPS) is 10.9. The highest BCUT2D eigenvalue weighted by Gasteiger charge is 2.13. The van der Waals surface area contributed by atoms with E-state index in [-0.39, 0.29) is 17.0 Å². The molecule has 0 atom stereocenters. The number of aromatic amines is 1. The fourth-order valence-electron chi connectivity index (χ4n) is 1.79. The molecular formula is C13H14BrN3O2. The van der Waals surface area contributed by atoms with Gasteiger partial charge in [0.05, 0.1) is 6.54 Å². The van der Waals surface area contributed by atoms with Crippen molar-refractivity contribution in [2.75, 3.05) is 14.1 Å². The van der Waals surface area contributed by atoms with E-state index in [4.69, 9.17) is 0 Å². The molecule has 19 heavy (non-hydrogen) atoms. The summed E-state index contributed by atoms with van der Waals surface area (Å²) in [6.45, 7) is 0.460. The fraction of sp³-hybridized carbons (Fsp3) is 0.231. The molecule has 1 heterocycles. The number of halogens is 1. The summed E-state index contributed by atoms with van der Waals surface area (Å²) in [6, 6.07) is 7.16. The van der Waals surface area contributed by atoms with Gasteiger partial charge in [-0.1, -0.05) is 28.1 Å². The minimum Gasteiger partial charge on any atom is -0.493 e. The van der Waals surface area contributed by atoms with Crippen molar-refractivity contribution in [2.45, 2.75) is 6.54 Å². The lowest BCUT2D eigenvalue weighted by Crippen LogP contribution is -2.19. The van der Waals surface area contributed by atoms with Gasteiger partial charge >= 0.3 is 0 Å². The molecule has 2 rings (SSSR count). The van der Waals surface area contributed by atoms with Crippen molar-refractivity contribution in [3.05, 3.63) is 44.9 Å². The van der Waals surface area contributed by atoms with Crippen LogP contribution in [-0.4, -0.2) is 34.1 Å². The van der Waals surface area contributed by atoms with Crippen LogP contribution in [-0.2, 0) is 6.54 Å². The first-order valence-corrected chi connectivity index (χ1v) is 6.49. The van der Waals surface area contributed by atoms with Gasteiger partial charge in [-0.3, -0.25) is 4.79 Å². The predicted octanol–water partition coefficient (Wildman–Crippen LogP) is 1.97. The van der Waals surface area contributed by atoms with E-state index in [9.17, 15) is 9.90 Å². The van der Waals surface area contributed by atoms with Gasteiger partial charge in [-0.15, -0.1) is 0 Å². The molecule has 1 aromatic heterocycles. The van der Waals surface area contributed by atoms with E-state index in [1.807, 2.05) is 25.1 Å². The van der Waals surface area contributed by atoms with Crippen LogP contribution in [0.4, 0.5) is 0 Å². The number of hydrogen-bond donors (Lipinski definition) is 2. The number of aromatic hydroxyl groups is 1. The largest absolute Gasteiger partial charge is 0.493 e. The van der Waals surface area contributed by atoms with Gasteiger partial charge < -0.3 is 15.0 Å². The Morgan fingerprint density at radius 3 is 2.74 bits per heavy atom. The molecule has 0 saturated heterocycles. The van der Waals surface area contributed by atoms with Gasteiger partial charge in [0.1, 0.15) is 11.4 Å². The summed E-state index contributed by atoms with van der Waals surface area (Å²) in [5.41, 5.74) is 0.461. The van der Waals surface area contributed by atoms with Gasteiger partial charge in [-0.2, -0.15) is 4.98 Å². The van der Waals surface area contributed by atoms with Crippen molar-refractivity contribution in [3.63, 3.8) is 0 Å². The summed E-state index contributed by atoms with van der Waals surface area (Å²) in [7, 11) is 3.72. The number of rotatable bonds is 3. The van der Waals surface area contributed by atoms with Crippen molar-refractivity contribution in [2.24, 2.45) is 0 Å². The topological polar surface area (TPSA) is 69.2 Å². The Labute approximate surface area is 119 Å². The minimum absolute atomic E-state index is 0.184. The summed E-state index contributed by atoms with van der Waals surface area (Å²) in [4.78, 5) is 20.6. The second kappa shape index (κ2) is 5.54. The van der Waals surface area contributed by atoms with E-state index in [0.29, 0.717) is 17.9 Å². The van der Waals surface area contributed by atoms with Crippen molar-refractivity contribution < 1.29 is 5.11 Å². The zero-order valence-corrected chi connectivity index (χ0v) is 12.2. The molecule has 100 valence electrons. The molecule has 0 aliphatic heterocycles. The molecule has 1 aromatic carbocycles.